The van der Waals surface area contributed by atoms with Gasteiger partial charge in [-0.2, -0.15) is 0 Å². The van der Waals surface area contributed by atoms with Crippen LogP contribution in [0.4, 0.5) is 15.8 Å². The third-order valence-electron chi connectivity index (χ3n) is 2.92. The third kappa shape index (κ3) is 3.25. The van der Waals surface area contributed by atoms with Crippen LogP contribution in [0, 0.1) is 15.9 Å². The minimum absolute atomic E-state index is 0.0517. The van der Waals surface area contributed by atoms with Crippen LogP contribution >= 0.6 is 15.9 Å². The smallest absolute Gasteiger partial charge is 0.269 e. The summed E-state index contributed by atoms with van der Waals surface area (Å²) in [4.78, 5) is 23.7. The summed E-state index contributed by atoms with van der Waals surface area (Å²) in [5.74, 6) is -0.797. The molecule has 0 radical (unpaired) electrons. The second-order valence-electron chi connectivity index (χ2n) is 4.27. The predicted octanol–water partition coefficient (Wildman–Crippen LogP) is 3.77. The number of amides is 1. The normalized spacial score (nSPS) is 10.2. The Morgan fingerprint density at radius 2 is 1.86 bits per heavy atom. The molecule has 0 aromatic heterocycles. The number of non-ortho nitro benzene ring substituents is 1. The largest absolute Gasteiger partial charge is 0.311 e. The van der Waals surface area contributed by atoms with Crippen LogP contribution in [-0.4, -0.2) is 17.9 Å². The van der Waals surface area contributed by atoms with Gasteiger partial charge in [0.15, 0.2) is 0 Å². The highest BCUT2D eigenvalue weighted by Crippen LogP contribution is 2.22. The average Bonchev–Trinajstić information content (AvgIpc) is 2.48. The zero-order valence-electron chi connectivity index (χ0n) is 10.9. The number of carbonyl (C=O) groups is 1. The molecule has 0 saturated carbocycles. The lowest BCUT2D eigenvalue weighted by Crippen LogP contribution is -2.26. The van der Waals surface area contributed by atoms with E-state index in [0.717, 1.165) is 0 Å². The van der Waals surface area contributed by atoms with Crippen LogP contribution < -0.4 is 4.90 Å². The Morgan fingerprint density at radius 1 is 1.24 bits per heavy atom. The monoisotopic (exact) mass is 352 g/mol. The number of carbonyl (C=O) groups excluding carboxylic acids is 1. The molecule has 0 aliphatic rings. The van der Waals surface area contributed by atoms with E-state index < -0.39 is 10.7 Å². The van der Waals surface area contributed by atoms with E-state index in [1.807, 2.05) is 0 Å². The predicted molar refractivity (Wildman–Crippen MR) is 79.9 cm³/mol. The molecule has 0 saturated heterocycles. The first-order chi connectivity index (χ1) is 9.90. The van der Waals surface area contributed by atoms with Gasteiger partial charge in [-0.05, 0) is 46.3 Å². The molecule has 1 amide bonds. The van der Waals surface area contributed by atoms with Crippen LogP contribution in [0.1, 0.15) is 10.4 Å². The van der Waals surface area contributed by atoms with Crippen LogP contribution in [0.25, 0.3) is 0 Å². The summed E-state index contributed by atoms with van der Waals surface area (Å²) >= 11 is 3.02. The summed E-state index contributed by atoms with van der Waals surface area (Å²) in [5, 5.41) is 10.6. The Morgan fingerprint density at radius 3 is 2.38 bits per heavy atom. The second kappa shape index (κ2) is 6.01. The molecule has 21 heavy (non-hydrogen) atoms. The van der Waals surface area contributed by atoms with Crippen LogP contribution in [-0.2, 0) is 0 Å². The molecule has 2 aromatic rings. The van der Waals surface area contributed by atoms with Gasteiger partial charge in [0.2, 0.25) is 0 Å². The molecule has 5 nitrogen and oxygen atoms in total. The van der Waals surface area contributed by atoms with Crippen molar-refractivity contribution < 1.29 is 14.1 Å². The summed E-state index contributed by atoms with van der Waals surface area (Å²) in [5.41, 5.74) is 0.763. The van der Waals surface area contributed by atoms with Crippen LogP contribution in [0.15, 0.2) is 46.9 Å². The summed E-state index contributed by atoms with van der Waals surface area (Å²) in [7, 11) is 1.54. The molecule has 0 aliphatic carbocycles. The van der Waals surface area contributed by atoms with Gasteiger partial charge in [-0.3, -0.25) is 14.9 Å². The van der Waals surface area contributed by atoms with Crippen molar-refractivity contribution in [2.75, 3.05) is 11.9 Å². The van der Waals surface area contributed by atoms with Crippen molar-refractivity contribution in [2.24, 2.45) is 0 Å². The zero-order valence-corrected chi connectivity index (χ0v) is 12.5. The SMILES string of the molecule is CN(C(=O)c1ccc(F)c(Br)c1)c1ccc([N+](=O)[O-])cc1. The van der Waals surface area contributed by atoms with Gasteiger partial charge in [0.05, 0.1) is 9.40 Å². The number of nitrogens with zero attached hydrogens (tertiary/aromatic N) is 2. The van der Waals surface area contributed by atoms with Crippen molar-refractivity contribution in [3.05, 3.63) is 68.4 Å². The molecule has 0 bridgehead atoms. The van der Waals surface area contributed by atoms with Crippen molar-refractivity contribution in [2.45, 2.75) is 0 Å². The lowest BCUT2D eigenvalue weighted by atomic mass is 10.2. The number of nitro groups is 1. The lowest BCUT2D eigenvalue weighted by Gasteiger charge is -2.17. The molecule has 0 fully saturated rings. The van der Waals surface area contributed by atoms with Crippen molar-refractivity contribution in [1.82, 2.24) is 0 Å². The number of halogens is 2. The summed E-state index contributed by atoms with van der Waals surface area (Å²) in [6.45, 7) is 0. The Kier molecular flexibility index (Phi) is 4.32. The number of benzene rings is 2. The fraction of sp³-hybridized carbons (Fsp3) is 0.0714. The number of hydrogen-bond donors (Lipinski definition) is 0. The molecule has 0 spiro atoms. The molecular weight excluding hydrogens is 343 g/mol. The highest BCUT2D eigenvalue weighted by atomic mass is 79.9. The Hall–Kier alpha value is -2.28. The van der Waals surface area contributed by atoms with E-state index in [-0.39, 0.29) is 16.1 Å². The Balaban J connectivity index is 2.25. The maximum atomic E-state index is 13.2. The van der Waals surface area contributed by atoms with Crippen molar-refractivity contribution in [3.63, 3.8) is 0 Å². The first kappa shape index (κ1) is 15.1. The van der Waals surface area contributed by atoms with E-state index in [0.29, 0.717) is 11.3 Å². The number of anilines is 1. The number of nitro benzene ring substituents is 1. The van der Waals surface area contributed by atoms with Crippen molar-refractivity contribution in [3.8, 4) is 0 Å². The van der Waals surface area contributed by atoms with Gasteiger partial charge in [0.1, 0.15) is 5.82 Å². The lowest BCUT2D eigenvalue weighted by molar-refractivity contribution is -0.384. The quantitative estimate of drug-likeness (QED) is 0.623. The van der Waals surface area contributed by atoms with E-state index >= 15 is 0 Å². The first-order valence-electron chi connectivity index (χ1n) is 5.87. The highest BCUT2D eigenvalue weighted by Gasteiger charge is 2.16. The van der Waals surface area contributed by atoms with Gasteiger partial charge in [-0.25, -0.2) is 4.39 Å². The summed E-state index contributed by atoms with van der Waals surface area (Å²) < 4.78 is 13.4. The Bertz CT molecular complexity index is 704. The molecule has 0 N–H and O–H groups in total. The standard InChI is InChI=1S/C14H10BrFN2O3/c1-17(10-3-5-11(6-4-10)18(20)21)14(19)9-2-7-13(16)12(15)8-9/h2-8H,1H3. The van der Waals surface area contributed by atoms with Gasteiger partial charge in [0, 0.05) is 30.4 Å². The van der Waals surface area contributed by atoms with Crippen molar-refractivity contribution >= 4 is 33.2 Å². The van der Waals surface area contributed by atoms with E-state index in [9.17, 15) is 19.3 Å². The molecule has 0 unspecified atom stereocenters. The molecule has 7 heteroatoms. The molecule has 0 aliphatic heterocycles. The van der Waals surface area contributed by atoms with Gasteiger partial charge < -0.3 is 4.90 Å². The molecule has 2 rings (SSSR count). The Labute approximate surface area is 128 Å². The van der Waals surface area contributed by atoms with E-state index in [1.165, 1.54) is 47.4 Å². The minimum atomic E-state index is -0.511. The highest BCUT2D eigenvalue weighted by molar-refractivity contribution is 9.10. The number of rotatable bonds is 3. The fourth-order valence-corrected chi connectivity index (χ4v) is 2.12. The number of hydrogen-bond acceptors (Lipinski definition) is 3. The molecule has 0 atom stereocenters. The van der Waals surface area contributed by atoms with Gasteiger partial charge in [0.25, 0.3) is 11.6 Å². The maximum Gasteiger partial charge on any atom is 0.269 e. The summed E-state index contributed by atoms with van der Waals surface area (Å²) in [6, 6.07) is 9.56. The summed E-state index contributed by atoms with van der Waals surface area (Å²) in [6.07, 6.45) is 0. The van der Waals surface area contributed by atoms with E-state index in [1.54, 1.807) is 7.05 Å². The molecule has 2 aromatic carbocycles. The fourth-order valence-electron chi connectivity index (χ4n) is 1.74. The van der Waals surface area contributed by atoms with E-state index in [2.05, 4.69) is 15.9 Å². The topological polar surface area (TPSA) is 63.5 Å². The van der Waals surface area contributed by atoms with Gasteiger partial charge in [-0.15, -0.1) is 0 Å². The second-order valence-corrected chi connectivity index (χ2v) is 5.12. The van der Waals surface area contributed by atoms with Gasteiger partial charge >= 0.3 is 0 Å². The minimum Gasteiger partial charge on any atom is -0.311 e. The van der Waals surface area contributed by atoms with Crippen LogP contribution in [0.3, 0.4) is 0 Å². The maximum absolute atomic E-state index is 13.2. The molecule has 108 valence electrons. The molecular formula is C14H10BrFN2O3. The van der Waals surface area contributed by atoms with Gasteiger partial charge in [-0.1, -0.05) is 0 Å². The molecule has 0 heterocycles. The third-order valence-corrected chi connectivity index (χ3v) is 3.53. The van der Waals surface area contributed by atoms with Crippen LogP contribution in [0.2, 0.25) is 0 Å². The first-order valence-corrected chi connectivity index (χ1v) is 6.67. The van der Waals surface area contributed by atoms with Crippen LogP contribution in [0.5, 0.6) is 0 Å². The van der Waals surface area contributed by atoms with Crippen molar-refractivity contribution in [1.29, 1.82) is 0 Å². The van der Waals surface area contributed by atoms with E-state index in [4.69, 9.17) is 0 Å². The zero-order chi connectivity index (χ0) is 15.6. The average molecular weight is 353 g/mol.